The summed E-state index contributed by atoms with van der Waals surface area (Å²) in [7, 11) is 3.66. The number of carbonyl (C=O) groups excluding carboxylic acids is 2. The number of piperidine rings is 1. The molecule has 164 valence electrons. The Morgan fingerprint density at radius 3 is 2.59 bits per heavy atom. The Morgan fingerprint density at radius 1 is 1.17 bits per heavy atom. The van der Waals surface area contributed by atoms with Crippen molar-refractivity contribution in [3.63, 3.8) is 0 Å². The molecular weight excluding hydrogens is 364 g/mol. The molecule has 0 aromatic rings. The Bertz CT molecular complexity index is 681. The molecule has 1 aliphatic heterocycles. The van der Waals surface area contributed by atoms with E-state index in [4.69, 9.17) is 4.74 Å². The normalized spacial score (nSPS) is 47.7. The van der Waals surface area contributed by atoms with Crippen LogP contribution in [0.4, 0.5) is 4.79 Å². The van der Waals surface area contributed by atoms with E-state index >= 15 is 0 Å². The van der Waals surface area contributed by atoms with Crippen LogP contribution in [0.1, 0.15) is 72.6 Å². The monoisotopic (exact) mass is 404 g/mol. The molecule has 1 heterocycles. The van der Waals surface area contributed by atoms with Crippen molar-refractivity contribution >= 4 is 12.0 Å². The number of hydrogen-bond acceptors (Lipinski definition) is 3. The van der Waals surface area contributed by atoms with Crippen molar-refractivity contribution in [2.45, 2.75) is 84.8 Å². The average Bonchev–Trinajstić information content (AvgIpc) is 2.95. The van der Waals surface area contributed by atoms with Gasteiger partial charge >= 0.3 is 6.09 Å². The van der Waals surface area contributed by atoms with Gasteiger partial charge in [-0.15, -0.1) is 0 Å². The molecule has 29 heavy (non-hydrogen) atoms. The van der Waals surface area contributed by atoms with Crippen molar-refractivity contribution in [1.29, 1.82) is 0 Å². The lowest BCUT2D eigenvalue weighted by Gasteiger charge is -2.62. The Morgan fingerprint density at radius 2 is 1.90 bits per heavy atom. The van der Waals surface area contributed by atoms with E-state index in [0.29, 0.717) is 36.1 Å². The van der Waals surface area contributed by atoms with Gasteiger partial charge in [0.05, 0.1) is 0 Å². The number of rotatable bonds is 2. The third-order valence-corrected chi connectivity index (χ3v) is 10.00. The number of hydrogen-bond donors (Lipinski definition) is 1. The van der Waals surface area contributed by atoms with Crippen LogP contribution in [0.25, 0.3) is 0 Å². The number of ether oxygens (including phenoxy) is 1. The topological polar surface area (TPSA) is 58.6 Å². The first-order chi connectivity index (χ1) is 13.6. The third kappa shape index (κ3) is 3.01. The second kappa shape index (κ2) is 7.16. The van der Waals surface area contributed by atoms with Crippen LogP contribution in [-0.4, -0.2) is 43.1 Å². The molecular formula is C24H40N2O3. The molecule has 0 bridgehead atoms. The zero-order valence-corrected chi connectivity index (χ0v) is 19.2. The minimum Gasteiger partial charge on any atom is -0.446 e. The maximum absolute atomic E-state index is 12.3. The number of carbonyl (C=O) groups is 2. The maximum Gasteiger partial charge on any atom is 0.407 e. The summed E-state index contributed by atoms with van der Waals surface area (Å²) in [6.07, 6.45) is 7.51. The highest BCUT2D eigenvalue weighted by molar-refractivity contribution is 5.77. The van der Waals surface area contributed by atoms with Gasteiger partial charge in [-0.25, -0.2) is 4.79 Å². The van der Waals surface area contributed by atoms with E-state index in [2.05, 4.69) is 37.9 Å². The fourth-order valence-corrected chi connectivity index (χ4v) is 8.85. The summed E-state index contributed by atoms with van der Waals surface area (Å²) in [5.74, 6) is 3.50. The van der Waals surface area contributed by atoms with E-state index in [1.54, 1.807) is 7.05 Å². The van der Waals surface area contributed by atoms with E-state index in [1.165, 1.54) is 25.7 Å². The van der Waals surface area contributed by atoms with Crippen LogP contribution < -0.4 is 5.32 Å². The molecule has 4 rings (SSSR count). The fourth-order valence-electron chi connectivity index (χ4n) is 8.85. The van der Waals surface area contributed by atoms with Gasteiger partial charge in [-0.3, -0.25) is 4.79 Å². The molecule has 3 aliphatic carbocycles. The SMILES string of the molecule is CNC(=O)O[C@H](C)[C@H]1[C@@H](C)C[C@H]2[C@@H]3CC[C@H]4N(C)C(=O)CC[C@]4(C)[C@H]3CC[C@]12C. The fraction of sp³-hybridized carbons (Fsp3) is 0.917. The van der Waals surface area contributed by atoms with Gasteiger partial charge in [0.25, 0.3) is 0 Å². The summed E-state index contributed by atoms with van der Waals surface area (Å²) in [6, 6.07) is 0.416. The van der Waals surface area contributed by atoms with Gasteiger partial charge in [0.1, 0.15) is 6.10 Å². The molecule has 4 fully saturated rings. The summed E-state index contributed by atoms with van der Waals surface area (Å²) in [4.78, 5) is 26.3. The van der Waals surface area contributed by atoms with Gasteiger partial charge in [0, 0.05) is 32.5 Å². The third-order valence-electron chi connectivity index (χ3n) is 10.00. The van der Waals surface area contributed by atoms with Crippen LogP contribution in [0, 0.1) is 40.4 Å². The van der Waals surface area contributed by atoms with Crippen LogP contribution in [0.5, 0.6) is 0 Å². The van der Waals surface area contributed by atoms with E-state index in [9.17, 15) is 9.59 Å². The molecule has 0 spiro atoms. The molecule has 0 aromatic carbocycles. The highest BCUT2D eigenvalue weighted by Crippen LogP contribution is 2.67. The van der Waals surface area contributed by atoms with Crippen molar-refractivity contribution < 1.29 is 14.3 Å². The molecule has 5 heteroatoms. The van der Waals surface area contributed by atoms with E-state index < -0.39 is 0 Å². The summed E-state index contributed by atoms with van der Waals surface area (Å²) in [5, 5.41) is 2.61. The maximum atomic E-state index is 12.3. The smallest absolute Gasteiger partial charge is 0.407 e. The second-order valence-corrected chi connectivity index (χ2v) is 11.1. The predicted molar refractivity (Wildman–Crippen MR) is 113 cm³/mol. The number of alkyl carbamates (subject to hydrolysis) is 1. The molecule has 2 amide bonds. The van der Waals surface area contributed by atoms with Crippen molar-refractivity contribution in [2.75, 3.05) is 14.1 Å². The van der Waals surface area contributed by atoms with E-state index in [-0.39, 0.29) is 23.0 Å². The average molecular weight is 405 g/mol. The molecule has 4 aliphatic rings. The first kappa shape index (κ1) is 21.0. The Hall–Kier alpha value is -1.26. The molecule has 0 aromatic heterocycles. The quantitative estimate of drug-likeness (QED) is 0.739. The summed E-state index contributed by atoms with van der Waals surface area (Å²) in [5.41, 5.74) is 0.506. The van der Waals surface area contributed by atoms with Crippen LogP contribution >= 0.6 is 0 Å². The number of amides is 2. The second-order valence-electron chi connectivity index (χ2n) is 11.1. The number of fused-ring (bicyclic) bond motifs is 5. The highest BCUT2D eigenvalue weighted by atomic mass is 16.6. The first-order valence-electron chi connectivity index (χ1n) is 11.8. The number of nitrogens with zero attached hydrogens (tertiary/aromatic N) is 1. The van der Waals surface area contributed by atoms with E-state index in [0.717, 1.165) is 24.7 Å². The van der Waals surface area contributed by atoms with Crippen molar-refractivity contribution in [2.24, 2.45) is 40.4 Å². The minimum absolute atomic E-state index is 0.0538. The summed E-state index contributed by atoms with van der Waals surface area (Å²) >= 11 is 0. The molecule has 5 nitrogen and oxygen atoms in total. The van der Waals surface area contributed by atoms with Gasteiger partial charge in [-0.2, -0.15) is 0 Å². The standard InChI is InChI=1S/C24H40N2O3/c1-14-13-18-16-7-8-19-23(3,12-10-20(27)26(19)6)17(16)9-11-24(18,4)21(14)15(2)29-22(28)25-5/h14-19,21H,7-13H2,1-6H3,(H,25,28)/t14-,15+,16+,17-,18-,19+,21+,23+,24-/m0/s1. The van der Waals surface area contributed by atoms with Gasteiger partial charge in [0.15, 0.2) is 0 Å². The Labute approximate surface area is 176 Å². The summed E-state index contributed by atoms with van der Waals surface area (Å²) < 4.78 is 5.74. The molecule has 1 N–H and O–H groups in total. The van der Waals surface area contributed by atoms with Crippen molar-refractivity contribution in [1.82, 2.24) is 10.2 Å². The van der Waals surface area contributed by atoms with Crippen LogP contribution in [0.15, 0.2) is 0 Å². The van der Waals surface area contributed by atoms with E-state index in [1.807, 2.05) is 7.05 Å². The van der Waals surface area contributed by atoms with Gasteiger partial charge in [0.2, 0.25) is 5.91 Å². The highest BCUT2D eigenvalue weighted by Gasteiger charge is 2.63. The predicted octanol–water partition coefficient (Wildman–Crippen LogP) is 4.46. The molecule has 3 saturated carbocycles. The molecule has 1 saturated heterocycles. The number of nitrogens with one attached hydrogen (secondary N) is 1. The number of likely N-dealkylation sites (tertiary alicyclic amines) is 1. The molecule has 0 radical (unpaired) electrons. The van der Waals surface area contributed by atoms with Gasteiger partial charge in [-0.05, 0) is 80.0 Å². The van der Waals surface area contributed by atoms with Gasteiger partial charge < -0.3 is 15.0 Å². The zero-order chi connectivity index (χ0) is 21.1. The lowest BCUT2D eigenvalue weighted by Crippen LogP contribution is -2.61. The van der Waals surface area contributed by atoms with Crippen molar-refractivity contribution in [3.05, 3.63) is 0 Å². The lowest BCUT2D eigenvalue weighted by molar-refractivity contribution is -0.159. The zero-order valence-electron chi connectivity index (χ0n) is 19.2. The largest absolute Gasteiger partial charge is 0.446 e. The lowest BCUT2D eigenvalue weighted by atomic mass is 9.46. The van der Waals surface area contributed by atoms with Crippen LogP contribution in [-0.2, 0) is 9.53 Å². The molecule has 9 atom stereocenters. The first-order valence-corrected chi connectivity index (χ1v) is 11.8. The Balaban J connectivity index is 1.59. The summed E-state index contributed by atoms with van der Waals surface area (Å²) in [6.45, 7) is 9.42. The van der Waals surface area contributed by atoms with Crippen LogP contribution in [0.2, 0.25) is 0 Å². The Kier molecular flexibility index (Phi) is 5.18. The van der Waals surface area contributed by atoms with Crippen LogP contribution in [0.3, 0.4) is 0 Å². The minimum atomic E-state index is -0.312. The van der Waals surface area contributed by atoms with Crippen molar-refractivity contribution in [3.8, 4) is 0 Å². The van der Waals surface area contributed by atoms with Gasteiger partial charge in [-0.1, -0.05) is 20.8 Å². The molecule has 0 unspecified atom stereocenters.